The lowest BCUT2D eigenvalue weighted by Crippen LogP contribution is -2.26. The van der Waals surface area contributed by atoms with Crippen LogP contribution in [0.3, 0.4) is 0 Å². The van der Waals surface area contributed by atoms with Crippen molar-refractivity contribution in [3.05, 3.63) is 0 Å². The maximum atomic E-state index is 7.82. The maximum absolute atomic E-state index is 7.82. The molecule has 0 unspecified atom stereocenters. The molecule has 1 saturated heterocycles. The van der Waals surface area contributed by atoms with Crippen molar-refractivity contribution in [1.29, 1.82) is 5.26 Å². The summed E-state index contributed by atoms with van der Waals surface area (Å²) >= 11 is 0. The second kappa shape index (κ2) is 38.1. The van der Waals surface area contributed by atoms with Crippen LogP contribution in [0, 0.1) is 11.5 Å². The quantitative estimate of drug-likeness (QED) is 0.388. The number of guanidine groups is 1. The molecule has 2 aliphatic rings. The topological polar surface area (TPSA) is 83.9 Å². The lowest BCUT2D eigenvalue weighted by Gasteiger charge is -2.11. The molecule has 2 heterocycles. The highest BCUT2D eigenvalue weighted by molar-refractivity contribution is 5.83. The van der Waals surface area contributed by atoms with Crippen LogP contribution in [0.4, 0.5) is 0 Å². The molecule has 0 aromatic rings. The van der Waals surface area contributed by atoms with E-state index in [0.29, 0.717) is 0 Å². The van der Waals surface area contributed by atoms with Gasteiger partial charge in [-0.1, -0.05) is 68.7 Å². The fourth-order valence-corrected chi connectivity index (χ4v) is 1.94. The minimum Gasteiger partial charge on any atom is -0.344 e. The molecule has 7 heteroatoms. The smallest absolute Gasteiger partial charge is 0.196 e. The fourth-order valence-electron chi connectivity index (χ4n) is 1.94. The third-order valence-electron chi connectivity index (χ3n) is 3.18. The molecule has 7 nitrogen and oxygen atoms in total. The molecule has 0 saturated carbocycles. The molecule has 0 atom stereocenters. The summed E-state index contributed by atoms with van der Waals surface area (Å²) in [6.45, 7) is 25.5. The van der Waals surface area contributed by atoms with Gasteiger partial charge in [-0.15, -0.1) is 0 Å². The maximum Gasteiger partial charge on any atom is 0.196 e. The number of fused-ring (bicyclic) bond motifs is 1. The molecule has 0 radical (unpaired) electrons. The first-order valence-corrected chi connectivity index (χ1v) is 12.0. The van der Waals surface area contributed by atoms with E-state index in [4.69, 9.17) is 11.0 Å². The van der Waals surface area contributed by atoms with E-state index in [-0.39, 0.29) is 0 Å². The molecule has 0 aromatic carbocycles. The standard InChI is InChI=1S/C6H11N3.C6H16N2.C3H6N2.4C2H6/c1-8-4-5-9-3-2-7-6(8)9;1-2-3-5-8-6-4-7;1-5(2)3-4;4*1-2/h2-5H2,1H3;8H,2-7H2,1H3;1-2H3;4*1-2H3. The van der Waals surface area contributed by atoms with E-state index in [0.717, 1.165) is 39.3 Å². The Hall–Kier alpha value is -1.52. The van der Waals surface area contributed by atoms with E-state index in [1.807, 2.05) is 61.6 Å². The molecular formula is C23H57N7. The van der Waals surface area contributed by atoms with E-state index in [2.05, 4.69) is 34.1 Å². The Morgan fingerprint density at radius 2 is 1.50 bits per heavy atom. The van der Waals surface area contributed by atoms with E-state index in [1.165, 1.54) is 30.2 Å². The van der Waals surface area contributed by atoms with Gasteiger partial charge in [0.15, 0.2) is 12.2 Å². The van der Waals surface area contributed by atoms with Gasteiger partial charge in [0.2, 0.25) is 0 Å². The van der Waals surface area contributed by atoms with Crippen molar-refractivity contribution in [1.82, 2.24) is 20.0 Å². The fraction of sp³-hybridized carbons (Fsp3) is 0.913. The Bertz CT molecular complexity index is 333. The monoisotopic (exact) mass is 431 g/mol. The van der Waals surface area contributed by atoms with Gasteiger partial charge >= 0.3 is 0 Å². The van der Waals surface area contributed by atoms with Crippen molar-refractivity contribution in [2.75, 3.05) is 67.0 Å². The summed E-state index contributed by atoms with van der Waals surface area (Å²) < 4.78 is 0. The van der Waals surface area contributed by atoms with Crippen molar-refractivity contribution in [2.24, 2.45) is 10.7 Å². The van der Waals surface area contributed by atoms with Gasteiger partial charge < -0.3 is 25.8 Å². The predicted molar refractivity (Wildman–Crippen MR) is 138 cm³/mol. The zero-order valence-corrected chi connectivity index (χ0v) is 22.7. The SMILES string of the molecule is CC.CC.CC.CC.CCCCNCCN.CN(C)C#N.CN1CCN2CCN=C12. The van der Waals surface area contributed by atoms with Gasteiger partial charge in [-0.05, 0) is 13.0 Å². The number of nitriles is 1. The molecule has 0 bridgehead atoms. The second-order valence-electron chi connectivity index (χ2n) is 5.48. The van der Waals surface area contributed by atoms with Crippen LogP contribution in [0.2, 0.25) is 0 Å². The normalized spacial score (nSPS) is 11.8. The summed E-state index contributed by atoms with van der Waals surface area (Å²) in [5.74, 6) is 1.20. The van der Waals surface area contributed by atoms with Crippen LogP contribution in [0.1, 0.15) is 75.2 Å². The average molecular weight is 432 g/mol. The minimum absolute atomic E-state index is 0.754. The summed E-state index contributed by atoms with van der Waals surface area (Å²) in [6.07, 6.45) is 4.39. The van der Waals surface area contributed by atoms with Crippen LogP contribution in [-0.2, 0) is 0 Å². The summed E-state index contributed by atoms with van der Waals surface area (Å²) in [4.78, 5) is 10.3. The van der Waals surface area contributed by atoms with Crippen molar-refractivity contribution >= 4 is 5.96 Å². The van der Waals surface area contributed by atoms with Gasteiger partial charge in [0.25, 0.3) is 0 Å². The zero-order valence-electron chi connectivity index (χ0n) is 22.7. The molecule has 1 fully saturated rings. The highest BCUT2D eigenvalue weighted by Gasteiger charge is 2.25. The molecule has 0 amide bonds. The number of nitrogens with one attached hydrogen (secondary N) is 1. The third kappa shape index (κ3) is 28.7. The zero-order chi connectivity index (χ0) is 24.8. The van der Waals surface area contributed by atoms with Crippen molar-refractivity contribution in [3.63, 3.8) is 0 Å². The van der Waals surface area contributed by atoms with Gasteiger partial charge in [-0.3, -0.25) is 4.99 Å². The van der Waals surface area contributed by atoms with Crippen LogP contribution in [0.5, 0.6) is 0 Å². The van der Waals surface area contributed by atoms with Gasteiger partial charge in [0, 0.05) is 53.9 Å². The van der Waals surface area contributed by atoms with E-state index < -0.39 is 0 Å². The number of hydrogen-bond donors (Lipinski definition) is 2. The van der Waals surface area contributed by atoms with Crippen LogP contribution in [-0.4, -0.2) is 87.6 Å². The molecule has 184 valence electrons. The lowest BCUT2D eigenvalue weighted by molar-refractivity contribution is 0.498. The summed E-state index contributed by atoms with van der Waals surface area (Å²) in [5, 5.41) is 11.0. The predicted octanol–water partition coefficient (Wildman–Crippen LogP) is 4.07. The largest absolute Gasteiger partial charge is 0.344 e. The summed E-state index contributed by atoms with van der Waals surface area (Å²) in [6, 6.07) is 0. The number of likely N-dealkylation sites (N-methyl/N-ethyl adjacent to an activating group) is 1. The van der Waals surface area contributed by atoms with Crippen LogP contribution in [0.15, 0.2) is 4.99 Å². The van der Waals surface area contributed by atoms with Crippen molar-refractivity contribution in [3.8, 4) is 6.19 Å². The Morgan fingerprint density at radius 3 is 1.87 bits per heavy atom. The van der Waals surface area contributed by atoms with Crippen LogP contribution in [0.25, 0.3) is 0 Å². The van der Waals surface area contributed by atoms with Crippen LogP contribution < -0.4 is 11.1 Å². The summed E-state index contributed by atoms with van der Waals surface area (Å²) in [5.41, 5.74) is 5.25. The van der Waals surface area contributed by atoms with Crippen molar-refractivity contribution in [2.45, 2.75) is 75.2 Å². The number of rotatable bonds is 5. The first kappa shape index (κ1) is 39.0. The molecule has 0 aliphatic carbocycles. The van der Waals surface area contributed by atoms with E-state index in [1.54, 1.807) is 14.1 Å². The van der Waals surface area contributed by atoms with Crippen molar-refractivity contribution < 1.29 is 0 Å². The highest BCUT2D eigenvalue weighted by atomic mass is 15.4. The lowest BCUT2D eigenvalue weighted by atomic mass is 10.3. The van der Waals surface area contributed by atoms with Gasteiger partial charge in [0.05, 0.1) is 6.54 Å². The van der Waals surface area contributed by atoms with E-state index >= 15 is 0 Å². The van der Waals surface area contributed by atoms with Gasteiger partial charge in [-0.25, -0.2) is 0 Å². The Balaban J connectivity index is -0.0000000914. The third-order valence-corrected chi connectivity index (χ3v) is 3.18. The summed E-state index contributed by atoms with van der Waals surface area (Å²) in [7, 11) is 5.49. The van der Waals surface area contributed by atoms with E-state index in [9.17, 15) is 0 Å². The van der Waals surface area contributed by atoms with Crippen LogP contribution >= 0.6 is 0 Å². The molecule has 0 aromatic heterocycles. The number of nitrogens with two attached hydrogens (primary N) is 1. The first-order chi connectivity index (χ1) is 14.6. The molecule has 0 spiro atoms. The number of aliphatic imine (C=N–C) groups is 1. The molecule has 2 rings (SSSR count). The highest BCUT2D eigenvalue weighted by Crippen LogP contribution is 2.10. The second-order valence-corrected chi connectivity index (χ2v) is 5.48. The Kier molecular flexibility index (Phi) is 49.6. The molecule has 30 heavy (non-hydrogen) atoms. The molecule has 2 aliphatic heterocycles. The average Bonchev–Trinajstić information content (AvgIpc) is 3.43. The molecular weight excluding hydrogens is 374 g/mol. The number of nitrogens with zero attached hydrogens (tertiary/aromatic N) is 5. The number of unbranched alkanes of at least 4 members (excludes halogenated alkanes) is 1. The van der Waals surface area contributed by atoms with Gasteiger partial charge in [-0.2, -0.15) is 5.26 Å². The number of hydrogen-bond acceptors (Lipinski definition) is 7. The Morgan fingerprint density at radius 1 is 1.00 bits per heavy atom. The van der Waals surface area contributed by atoms with Gasteiger partial charge in [0.1, 0.15) is 0 Å². The first-order valence-electron chi connectivity index (χ1n) is 12.0. The minimum atomic E-state index is 0.754. The Labute approximate surface area is 190 Å². The molecule has 3 N–H and O–H groups in total.